The quantitative estimate of drug-likeness (QED) is 0.866. The number of hydrogen-bond donors (Lipinski definition) is 1. The van der Waals surface area contributed by atoms with Crippen molar-refractivity contribution in [2.24, 2.45) is 5.73 Å². The number of primary amides is 1. The average molecular weight is 343 g/mol. The van der Waals surface area contributed by atoms with Crippen molar-refractivity contribution in [3.63, 3.8) is 0 Å². The Morgan fingerprint density at radius 3 is 1.96 bits per heavy atom. The molecule has 0 saturated heterocycles. The van der Waals surface area contributed by atoms with Gasteiger partial charge in [0.1, 0.15) is 0 Å². The molecule has 0 radical (unpaired) electrons. The zero-order valence-corrected chi connectivity index (χ0v) is 12.7. The summed E-state index contributed by atoms with van der Waals surface area (Å²) in [6.07, 6.45) is 0. The topological polar surface area (TPSA) is 77.2 Å². The van der Waals surface area contributed by atoms with Crippen molar-refractivity contribution in [2.75, 3.05) is 0 Å². The number of sulfone groups is 1. The molecule has 0 aliphatic carbocycles. The van der Waals surface area contributed by atoms with E-state index in [1.165, 1.54) is 24.3 Å². The third-order valence-corrected chi connectivity index (χ3v) is 5.28. The Morgan fingerprint density at radius 1 is 1.04 bits per heavy atom. The van der Waals surface area contributed by atoms with Crippen LogP contribution in [0, 0.1) is 24.4 Å². The molecule has 0 saturated carbocycles. The molecule has 23 heavy (non-hydrogen) atoms. The molecule has 0 aliphatic heterocycles. The minimum Gasteiger partial charge on any atom is -0.368 e. The second-order valence-electron chi connectivity index (χ2n) is 4.94. The second kappa shape index (κ2) is 6.04. The van der Waals surface area contributed by atoms with E-state index < -0.39 is 44.0 Å². The first-order valence-corrected chi connectivity index (χ1v) is 7.93. The SMILES string of the molecule is Cc1ccc(S(=O)(=O)C(C(N)=O)c2cc(F)c(F)c(F)c2)cc1. The summed E-state index contributed by atoms with van der Waals surface area (Å²) in [5.41, 5.74) is 5.31. The van der Waals surface area contributed by atoms with Crippen molar-refractivity contribution in [3.05, 3.63) is 65.0 Å². The Labute approximate surface area is 130 Å². The van der Waals surface area contributed by atoms with Gasteiger partial charge < -0.3 is 5.73 Å². The van der Waals surface area contributed by atoms with E-state index in [2.05, 4.69) is 0 Å². The van der Waals surface area contributed by atoms with Crippen LogP contribution in [0.3, 0.4) is 0 Å². The fraction of sp³-hybridized carbons (Fsp3) is 0.133. The first kappa shape index (κ1) is 17.0. The number of carbonyl (C=O) groups is 1. The number of aryl methyl sites for hydroxylation is 1. The van der Waals surface area contributed by atoms with Gasteiger partial charge in [0.15, 0.2) is 32.5 Å². The number of hydrogen-bond acceptors (Lipinski definition) is 3. The summed E-state index contributed by atoms with van der Waals surface area (Å²) in [5, 5.41) is -2.03. The van der Waals surface area contributed by atoms with Crippen LogP contribution in [0.5, 0.6) is 0 Å². The van der Waals surface area contributed by atoms with Crippen LogP contribution in [0.15, 0.2) is 41.3 Å². The standard InChI is InChI=1S/C15H12F3NO3S/c1-8-2-4-10(5-3-8)23(21,22)14(15(19)20)9-6-11(16)13(18)12(17)7-9/h2-7,14H,1H3,(H2,19,20). The third-order valence-electron chi connectivity index (χ3n) is 3.23. The summed E-state index contributed by atoms with van der Waals surface area (Å²) in [7, 11) is -4.35. The van der Waals surface area contributed by atoms with Gasteiger partial charge in [-0.3, -0.25) is 4.79 Å². The maximum Gasteiger partial charge on any atom is 0.240 e. The predicted molar refractivity (Wildman–Crippen MR) is 76.6 cm³/mol. The van der Waals surface area contributed by atoms with Gasteiger partial charge in [0.05, 0.1) is 4.90 Å². The number of carbonyl (C=O) groups excluding carboxylic acids is 1. The van der Waals surface area contributed by atoms with E-state index in [4.69, 9.17) is 5.73 Å². The molecule has 2 rings (SSSR count). The van der Waals surface area contributed by atoms with Crippen LogP contribution in [0.4, 0.5) is 13.2 Å². The van der Waals surface area contributed by atoms with Gasteiger partial charge in [0, 0.05) is 0 Å². The molecule has 1 atom stereocenters. The van der Waals surface area contributed by atoms with Gasteiger partial charge >= 0.3 is 0 Å². The minimum absolute atomic E-state index is 0.239. The fourth-order valence-electron chi connectivity index (χ4n) is 2.09. The Bertz CT molecular complexity index is 841. The average Bonchev–Trinajstić information content (AvgIpc) is 2.44. The zero-order valence-electron chi connectivity index (χ0n) is 11.9. The lowest BCUT2D eigenvalue weighted by Crippen LogP contribution is -2.29. The maximum atomic E-state index is 13.3. The molecule has 2 aromatic carbocycles. The molecule has 0 fully saturated rings. The molecular formula is C15H12F3NO3S. The third kappa shape index (κ3) is 3.21. The molecule has 0 heterocycles. The molecule has 1 unspecified atom stereocenters. The van der Waals surface area contributed by atoms with Crippen molar-refractivity contribution in [3.8, 4) is 0 Å². The molecule has 0 spiro atoms. The van der Waals surface area contributed by atoms with E-state index in [9.17, 15) is 26.4 Å². The van der Waals surface area contributed by atoms with Crippen molar-refractivity contribution >= 4 is 15.7 Å². The van der Waals surface area contributed by atoms with Gasteiger partial charge in [-0.2, -0.15) is 0 Å². The first-order chi connectivity index (χ1) is 10.6. The van der Waals surface area contributed by atoms with Crippen molar-refractivity contribution in [1.29, 1.82) is 0 Å². The van der Waals surface area contributed by atoms with Crippen LogP contribution in [0.25, 0.3) is 0 Å². The molecule has 0 bridgehead atoms. The van der Waals surface area contributed by atoms with Crippen LogP contribution < -0.4 is 5.73 Å². The van der Waals surface area contributed by atoms with E-state index in [0.717, 1.165) is 5.56 Å². The van der Waals surface area contributed by atoms with Gasteiger partial charge in [-0.05, 0) is 36.8 Å². The lowest BCUT2D eigenvalue weighted by molar-refractivity contribution is -0.117. The fourth-order valence-corrected chi connectivity index (χ4v) is 3.67. The molecule has 0 aliphatic rings. The summed E-state index contributed by atoms with van der Waals surface area (Å²) in [5.74, 6) is -6.30. The van der Waals surface area contributed by atoms with Crippen LogP contribution >= 0.6 is 0 Å². The largest absolute Gasteiger partial charge is 0.368 e. The number of rotatable bonds is 4. The normalized spacial score (nSPS) is 12.9. The molecule has 0 aromatic heterocycles. The van der Waals surface area contributed by atoms with Crippen LogP contribution in [0.2, 0.25) is 0 Å². The van der Waals surface area contributed by atoms with E-state index in [1.807, 2.05) is 0 Å². The van der Waals surface area contributed by atoms with E-state index in [1.54, 1.807) is 6.92 Å². The van der Waals surface area contributed by atoms with Gasteiger partial charge in [-0.15, -0.1) is 0 Å². The molecule has 8 heteroatoms. The summed E-state index contributed by atoms with van der Waals surface area (Å²) in [6.45, 7) is 1.73. The Balaban J connectivity index is 2.63. The predicted octanol–water partition coefficient (Wildman–Crippen LogP) is 2.41. The van der Waals surface area contributed by atoms with E-state index in [-0.39, 0.29) is 4.90 Å². The highest BCUT2D eigenvalue weighted by Crippen LogP contribution is 2.30. The summed E-state index contributed by atoms with van der Waals surface area (Å²) in [6, 6.07) is 6.38. The zero-order chi connectivity index (χ0) is 17.4. The van der Waals surface area contributed by atoms with E-state index in [0.29, 0.717) is 12.1 Å². The Hall–Kier alpha value is -2.35. The smallest absolute Gasteiger partial charge is 0.240 e. The highest BCUT2D eigenvalue weighted by atomic mass is 32.2. The van der Waals surface area contributed by atoms with Gasteiger partial charge in [-0.25, -0.2) is 21.6 Å². The monoisotopic (exact) mass is 343 g/mol. The minimum atomic E-state index is -4.35. The summed E-state index contributed by atoms with van der Waals surface area (Å²) < 4.78 is 64.8. The maximum absolute atomic E-state index is 13.3. The van der Waals surface area contributed by atoms with Gasteiger partial charge in [0.25, 0.3) is 0 Å². The Morgan fingerprint density at radius 2 is 1.52 bits per heavy atom. The highest BCUT2D eigenvalue weighted by Gasteiger charge is 2.35. The second-order valence-corrected chi connectivity index (χ2v) is 6.97. The molecule has 2 aromatic rings. The van der Waals surface area contributed by atoms with E-state index >= 15 is 0 Å². The van der Waals surface area contributed by atoms with Crippen LogP contribution in [-0.2, 0) is 14.6 Å². The molecule has 122 valence electrons. The van der Waals surface area contributed by atoms with Crippen LogP contribution in [-0.4, -0.2) is 14.3 Å². The number of halogens is 3. The molecule has 1 amide bonds. The number of nitrogens with two attached hydrogens (primary N) is 1. The van der Waals surface area contributed by atoms with Gasteiger partial charge in [0.2, 0.25) is 5.91 Å². The Kier molecular flexibility index (Phi) is 4.46. The lowest BCUT2D eigenvalue weighted by Gasteiger charge is -2.15. The van der Waals surface area contributed by atoms with Crippen LogP contribution in [0.1, 0.15) is 16.4 Å². The number of amides is 1. The summed E-state index contributed by atoms with van der Waals surface area (Å²) >= 11 is 0. The number of benzene rings is 2. The summed E-state index contributed by atoms with van der Waals surface area (Å²) in [4.78, 5) is 11.4. The lowest BCUT2D eigenvalue weighted by atomic mass is 10.1. The first-order valence-electron chi connectivity index (χ1n) is 6.39. The molecule has 2 N–H and O–H groups in total. The highest BCUT2D eigenvalue weighted by molar-refractivity contribution is 7.92. The molecule has 4 nitrogen and oxygen atoms in total. The van der Waals surface area contributed by atoms with Crippen molar-refractivity contribution < 1.29 is 26.4 Å². The molecular weight excluding hydrogens is 331 g/mol. The van der Waals surface area contributed by atoms with Crippen molar-refractivity contribution in [1.82, 2.24) is 0 Å². The van der Waals surface area contributed by atoms with Crippen molar-refractivity contribution in [2.45, 2.75) is 17.1 Å². The van der Waals surface area contributed by atoms with Gasteiger partial charge in [-0.1, -0.05) is 17.7 Å².